The van der Waals surface area contributed by atoms with E-state index in [1.807, 2.05) is 32.0 Å². The Kier molecular flexibility index (Phi) is 8.46. The number of aromatic nitrogens is 2. The van der Waals surface area contributed by atoms with Crippen molar-refractivity contribution in [2.45, 2.75) is 83.9 Å². The number of fused-ring (bicyclic) bond motifs is 1. The number of amides is 1. The first-order valence-corrected chi connectivity index (χ1v) is 13.8. The maximum Gasteiger partial charge on any atom is 0.306 e. The van der Waals surface area contributed by atoms with Crippen molar-refractivity contribution in [3.63, 3.8) is 0 Å². The van der Waals surface area contributed by atoms with Crippen molar-refractivity contribution in [3.05, 3.63) is 52.0 Å². The Balaban J connectivity index is 1.65. The highest BCUT2D eigenvalue weighted by Gasteiger charge is 2.28. The molecule has 1 aliphatic rings. The van der Waals surface area contributed by atoms with Gasteiger partial charge in [0.1, 0.15) is 5.82 Å². The highest BCUT2D eigenvalue weighted by atomic mass is 32.1. The number of hydrogen-bond donors (Lipinski definition) is 3. The molecule has 1 saturated carbocycles. The summed E-state index contributed by atoms with van der Waals surface area (Å²) in [6.45, 7) is 6.28. The number of carbonyl (C=O) groups excluding carboxylic acids is 1. The van der Waals surface area contributed by atoms with Gasteiger partial charge < -0.3 is 20.1 Å². The molecular weight excluding hydrogens is 474 g/mol. The fourth-order valence-corrected chi connectivity index (χ4v) is 6.13. The Labute approximate surface area is 216 Å². The van der Waals surface area contributed by atoms with Gasteiger partial charge in [-0.3, -0.25) is 9.59 Å². The van der Waals surface area contributed by atoms with E-state index in [1.54, 1.807) is 11.3 Å². The number of carboxylic acids is 1. The summed E-state index contributed by atoms with van der Waals surface area (Å²) in [7, 11) is 0. The van der Waals surface area contributed by atoms with Gasteiger partial charge in [-0.15, -0.1) is 11.3 Å². The van der Waals surface area contributed by atoms with Crippen LogP contribution in [0, 0.1) is 11.8 Å². The Morgan fingerprint density at radius 3 is 2.67 bits per heavy atom. The van der Waals surface area contributed by atoms with Gasteiger partial charge in [-0.2, -0.15) is 0 Å². The van der Waals surface area contributed by atoms with Crippen LogP contribution in [-0.4, -0.2) is 43.8 Å². The van der Waals surface area contributed by atoms with Gasteiger partial charge >= 0.3 is 5.97 Å². The lowest BCUT2D eigenvalue weighted by Crippen LogP contribution is -2.45. The predicted molar refractivity (Wildman–Crippen MR) is 142 cm³/mol. The van der Waals surface area contributed by atoms with Crippen LogP contribution in [0.3, 0.4) is 0 Å². The van der Waals surface area contributed by atoms with E-state index in [0.717, 1.165) is 29.7 Å². The number of imidazole rings is 1. The number of hydrogen-bond acceptors (Lipinski definition) is 5. The molecule has 4 atom stereocenters. The normalized spacial score (nSPS) is 19.9. The summed E-state index contributed by atoms with van der Waals surface area (Å²) in [5.41, 5.74) is 2.29. The van der Waals surface area contributed by atoms with Gasteiger partial charge in [0.05, 0.1) is 29.6 Å². The molecule has 1 fully saturated rings. The number of aliphatic carboxylic acids is 1. The first-order chi connectivity index (χ1) is 17.2. The quantitative estimate of drug-likeness (QED) is 0.337. The summed E-state index contributed by atoms with van der Waals surface area (Å²) in [5.74, 6) is 0.362. The predicted octanol–water partition coefficient (Wildman–Crippen LogP) is 5.42. The highest BCUT2D eigenvalue weighted by Crippen LogP contribution is 2.37. The van der Waals surface area contributed by atoms with Crippen molar-refractivity contribution in [1.29, 1.82) is 0 Å². The number of aliphatic hydroxyl groups is 1. The molecule has 1 aromatic carbocycles. The smallest absolute Gasteiger partial charge is 0.306 e. The number of aliphatic hydroxyl groups excluding tert-OH is 1. The van der Waals surface area contributed by atoms with Crippen molar-refractivity contribution in [3.8, 4) is 0 Å². The molecule has 0 spiro atoms. The molecule has 3 N–H and O–H groups in total. The van der Waals surface area contributed by atoms with Crippen molar-refractivity contribution < 1.29 is 19.8 Å². The van der Waals surface area contributed by atoms with Crippen LogP contribution >= 0.6 is 11.3 Å². The van der Waals surface area contributed by atoms with Crippen LogP contribution in [0.5, 0.6) is 0 Å². The van der Waals surface area contributed by atoms with Crippen molar-refractivity contribution in [1.82, 2.24) is 14.9 Å². The minimum absolute atomic E-state index is 0.189. The lowest BCUT2D eigenvalue weighted by molar-refractivity contribution is -0.139. The van der Waals surface area contributed by atoms with Crippen LogP contribution in [0.1, 0.15) is 86.4 Å². The van der Waals surface area contributed by atoms with E-state index in [4.69, 9.17) is 10.1 Å². The highest BCUT2D eigenvalue weighted by molar-refractivity contribution is 7.09. The van der Waals surface area contributed by atoms with E-state index in [2.05, 4.69) is 34.3 Å². The fourth-order valence-electron chi connectivity index (χ4n) is 5.43. The summed E-state index contributed by atoms with van der Waals surface area (Å²) >= 11 is 1.73. The van der Waals surface area contributed by atoms with Crippen LogP contribution in [0.4, 0.5) is 0 Å². The molecule has 2 aromatic heterocycles. The molecule has 8 heteroatoms. The Hall–Kier alpha value is -2.71. The van der Waals surface area contributed by atoms with E-state index in [-0.39, 0.29) is 11.8 Å². The van der Waals surface area contributed by atoms with E-state index < -0.39 is 24.5 Å². The Bertz CT molecular complexity index is 1190. The average Bonchev–Trinajstić information content (AvgIpc) is 3.45. The number of thiophene rings is 1. The Morgan fingerprint density at radius 1 is 1.22 bits per heavy atom. The number of benzene rings is 1. The van der Waals surface area contributed by atoms with Gasteiger partial charge in [0.15, 0.2) is 0 Å². The van der Waals surface area contributed by atoms with Crippen molar-refractivity contribution in [2.24, 2.45) is 11.8 Å². The minimum Gasteiger partial charge on any atom is -0.481 e. The summed E-state index contributed by atoms with van der Waals surface area (Å²) in [6.07, 6.45) is 4.50. The first kappa shape index (κ1) is 26.4. The molecule has 0 bridgehead atoms. The molecule has 3 aromatic rings. The van der Waals surface area contributed by atoms with E-state index >= 15 is 0 Å². The second kappa shape index (κ2) is 11.6. The molecule has 4 rings (SSSR count). The van der Waals surface area contributed by atoms with Gasteiger partial charge in [0.2, 0.25) is 0 Å². The first-order valence-electron chi connectivity index (χ1n) is 13.0. The van der Waals surface area contributed by atoms with Gasteiger partial charge in [-0.25, -0.2) is 4.98 Å². The van der Waals surface area contributed by atoms with Gasteiger partial charge in [0.25, 0.3) is 5.91 Å². The number of carboxylic acid groups (broad SMARTS) is 1. The van der Waals surface area contributed by atoms with E-state index in [9.17, 15) is 14.7 Å². The molecule has 0 saturated heterocycles. The lowest BCUT2D eigenvalue weighted by atomic mass is 9.85. The number of nitrogens with one attached hydrogen (secondary N) is 1. The lowest BCUT2D eigenvalue weighted by Gasteiger charge is -2.31. The average molecular weight is 512 g/mol. The number of nitrogens with zero attached hydrogens (tertiary/aromatic N) is 2. The van der Waals surface area contributed by atoms with E-state index in [0.29, 0.717) is 23.9 Å². The molecular formula is C28H37N3O4S. The Morgan fingerprint density at radius 2 is 2.00 bits per heavy atom. The summed E-state index contributed by atoms with van der Waals surface area (Å²) < 4.78 is 2.40. The van der Waals surface area contributed by atoms with Gasteiger partial charge in [-0.1, -0.05) is 39.7 Å². The largest absolute Gasteiger partial charge is 0.481 e. The zero-order chi connectivity index (χ0) is 25.8. The zero-order valence-electron chi connectivity index (χ0n) is 21.3. The van der Waals surface area contributed by atoms with Crippen LogP contribution in [0.25, 0.3) is 11.0 Å². The molecule has 194 valence electrons. The third kappa shape index (κ3) is 6.16. The molecule has 1 unspecified atom stereocenters. The second-order valence-electron chi connectivity index (χ2n) is 10.6. The molecule has 2 heterocycles. The van der Waals surface area contributed by atoms with Crippen molar-refractivity contribution in [2.75, 3.05) is 0 Å². The number of carbonyl (C=O) groups is 2. The monoisotopic (exact) mass is 511 g/mol. The molecule has 7 nitrogen and oxygen atoms in total. The van der Waals surface area contributed by atoms with Crippen LogP contribution < -0.4 is 5.32 Å². The third-order valence-corrected chi connectivity index (χ3v) is 8.10. The third-order valence-electron chi connectivity index (χ3n) is 7.23. The molecule has 0 radical (unpaired) electrons. The second-order valence-corrected chi connectivity index (χ2v) is 11.6. The zero-order valence-corrected chi connectivity index (χ0v) is 22.1. The van der Waals surface area contributed by atoms with Crippen molar-refractivity contribution >= 4 is 34.2 Å². The van der Waals surface area contributed by atoms with Crippen LogP contribution in [0.15, 0.2) is 35.7 Å². The molecule has 1 aliphatic carbocycles. The van der Waals surface area contributed by atoms with Crippen LogP contribution in [-0.2, 0) is 11.2 Å². The van der Waals surface area contributed by atoms with Gasteiger partial charge in [-0.05, 0) is 60.7 Å². The number of rotatable bonds is 10. The topological polar surface area (TPSA) is 104 Å². The van der Waals surface area contributed by atoms with Crippen LogP contribution in [0.2, 0.25) is 0 Å². The van der Waals surface area contributed by atoms with Gasteiger partial charge in [0, 0.05) is 22.9 Å². The molecule has 0 aliphatic heterocycles. The maximum atomic E-state index is 13.2. The summed E-state index contributed by atoms with van der Waals surface area (Å²) in [6, 6.07) is 9.57. The molecule has 36 heavy (non-hydrogen) atoms. The SMILES string of the molecule is CC(C)C[C@H](NC(=O)c1ccc2c(c1)nc(Cc1cccs1)n2C1CCCC[C@H]1C)[C@H](O)CC(=O)O. The minimum atomic E-state index is -1.15. The molecule has 1 amide bonds. The maximum absolute atomic E-state index is 13.2. The summed E-state index contributed by atoms with van der Waals surface area (Å²) in [5, 5.41) is 24.5. The standard InChI is InChI=1S/C28H37N3O4S/c1-17(2)13-22(25(32)16-27(33)34)30-28(35)19-10-11-24-21(14-19)29-26(15-20-8-6-12-36-20)31(24)23-9-5-4-7-18(23)3/h6,8,10-12,14,17-18,22-23,25,32H,4-5,7,9,13,15-16H2,1-3H3,(H,30,35)(H,33,34)/t18-,22+,23?,25-/m1/s1. The fraction of sp³-hybridized carbons (Fsp3) is 0.536. The van der Waals surface area contributed by atoms with E-state index in [1.165, 1.54) is 24.1 Å². The summed E-state index contributed by atoms with van der Waals surface area (Å²) in [4.78, 5) is 30.6.